The van der Waals surface area contributed by atoms with Crippen molar-refractivity contribution in [2.24, 2.45) is 5.92 Å². The summed E-state index contributed by atoms with van der Waals surface area (Å²) in [4.78, 5) is 16.0. The molecule has 1 saturated heterocycles. The third kappa shape index (κ3) is 4.82. The second-order valence-corrected chi connectivity index (χ2v) is 6.21. The average molecular weight is 304 g/mol. The summed E-state index contributed by atoms with van der Waals surface area (Å²) in [6.07, 6.45) is 2.49. The molecule has 22 heavy (non-hydrogen) atoms. The Labute approximate surface area is 133 Å². The first-order chi connectivity index (χ1) is 10.6. The third-order valence-corrected chi connectivity index (χ3v) is 4.70. The molecule has 1 aromatic carbocycles. The van der Waals surface area contributed by atoms with Crippen LogP contribution in [0.5, 0.6) is 0 Å². The number of hydrogen-bond donors (Lipinski definition) is 1. The number of carbonyl (C=O) groups is 1. The molecule has 4 nitrogen and oxygen atoms in total. The van der Waals surface area contributed by atoms with Gasteiger partial charge in [-0.05, 0) is 62.6 Å². The van der Waals surface area contributed by atoms with Gasteiger partial charge < -0.3 is 10.0 Å². The van der Waals surface area contributed by atoms with Crippen LogP contribution in [-0.4, -0.2) is 53.6 Å². The Morgan fingerprint density at radius 1 is 1.27 bits per heavy atom. The number of benzene rings is 1. The van der Waals surface area contributed by atoms with E-state index in [2.05, 4.69) is 23.6 Å². The lowest BCUT2D eigenvalue weighted by atomic mass is 9.95. The summed E-state index contributed by atoms with van der Waals surface area (Å²) in [7, 11) is 0. The Balaban J connectivity index is 1.82. The second kappa shape index (κ2) is 8.30. The van der Waals surface area contributed by atoms with Gasteiger partial charge in [-0.1, -0.05) is 26.0 Å². The van der Waals surface area contributed by atoms with Gasteiger partial charge >= 0.3 is 5.97 Å². The van der Waals surface area contributed by atoms with Crippen molar-refractivity contribution < 1.29 is 9.90 Å². The minimum atomic E-state index is -0.847. The van der Waals surface area contributed by atoms with Crippen molar-refractivity contribution in [3.8, 4) is 0 Å². The zero-order chi connectivity index (χ0) is 15.9. The fourth-order valence-electron chi connectivity index (χ4n) is 3.23. The van der Waals surface area contributed by atoms with Crippen LogP contribution in [0.4, 0.5) is 0 Å². The lowest BCUT2D eigenvalue weighted by Crippen LogP contribution is -2.38. The van der Waals surface area contributed by atoms with E-state index in [1.807, 2.05) is 12.1 Å². The van der Waals surface area contributed by atoms with E-state index < -0.39 is 5.97 Å². The van der Waals surface area contributed by atoms with Gasteiger partial charge in [0, 0.05) is 13.1 Å². The SMILES string of the molecule is CCN(CC)CC1CCN(Cc2cccc(C(=O)O)c2)CC1. The zero-order valence-corrected chi connectivity index (χ0v) is 13.8. The molecule has 1 heterocycles. The number of aromatic carboxylic acids is 1. The first kappa shape index (κ1) is 17.0. The first-order valence-corrected chi connectivity index (χ1v) is 8.39. The average Bonchev–Trinajstić information content (AvgIpc) is 2.54. The summed E-state index contributed by atoms with van der Waals surface area (Å²) >= 11 is 0. The molecule has 0 spiro atoms. The van der Waals surface area contributed by atoms with Crippen molar-refractivity contribution in [2.75, 3.05) is 32.7 Å². The number of carboxylic acids is 1. The predicted octanol–water partition coefficient (Wildman–Crippen LogP) is 2.94. The number of piperidine rings is 1. The molecule has 1 aliphatic heterocycles. The van der Waals surface area contributed by atoms with E-state index in [9.17, 15) is 4.79 Å². The van der Waals surface area contributed by atoms with E-state index >= 15 is 0 Å². The maximum Gasteiger partial charge on any atom is 0.335 e. The van der Waals surface area contributed by atoms with Gasteiger partial charge in [-0.3, -0.25) is 4.90 Å². The Kier molecular flexibility index (Phi) is 6.40. The predicted molar refractivity (Wildman–Crippen MR) is 89.2 cm³/mol. The molecule has 0 aromatic heterocycles. The number of carboxylic acid groups (broad SMARTS) is 1. The molecule has 0 saturated carbocycles. The third-order valence-electron chi connectivity index (χ3n) is 4.70. The summed E-state index contributed by atoms with van der Waals surface area (Å²) in [5.74, 6) is -0.0405. The van der Waals surface area contributed by atoms with Gasteiger partial charge in [0.1, 0.15) is 0 Å². The Bertz CT molecular complexity index is 478. The van der Waals surface area contributed by atoms with Gasteiger partial charge in [-0.2, -0.15) is 0 Å². The summed E-state index contributed by atoms with van der Waals surface area (Å²) in [6, 6.07) is 7.31. The Hall–Kier alpha value is -1.39. The van der Waals surface area contributed by atoms with Crippen molar-refractivity contribution in [3.05, 3.63) is 35.4 Å². The smallest absolute Gasteiger partial charge is 0.335 e. The highest BCUT2D eigenvalue weighted by Crippen LogP contribution is 2.20. The van der Waals surface area contributed by atoms with Gasteiger partial charge in [0.15, 0.2) is 0 Å². The van der Waals surface area contributed by atoms with Gasteiger partial charge in [0.25, 0.3) is 0 Å². The van der Waals surface area contributed by atoms with E-state index in [-0.39, 0.29) is 0 Å². The highest BCUT2D eigenvalue weighted by Gasteiger charge is 2.20. The van der Waals surface area contributed by atoms with Crippen LogP contribution in [0.15, 0.2) is 24.3 Å². The summed E-state index contributed by atoms with van der Waals surface area (Å²) < 4.78 is 0. The summed E-state index contributed by atoms with van der Waals surface area (Å²) in [5.41, 5.74) is 1.48. The first-order valence-electron chi connectivity index (χ1n) is 8.39. The summed E-state index contributed by atoms with van der Waals surface area (Å²) in [5, 5.41) is 9.06. The van der Waals surface area contributed by atoms with E-state index in [1.165, 1.54) is 19.4 Å². The molecule has 2 rings (SSSR count). The van der Waals surface area contributed by atoms with E-state index in [0.717, 1.165) is 44.2 Å². The van der Waals surface area contributed by atoms with Gasteiger partial charge in [0.2, 0.25) is 0 Å². The molecule has 0 amide bonds. The van der Waals surface area contributed by atoms with Crippen LogP contribution >= 0.6 is 0 Å². The quantitative estimate of drug-likeness (QED) is 0.841. The largest absolute Gasteiger partial charge is 0.478 e. The van der Waals surface area contributed by atoms with Crippen LogP contribution in [0, 0.1) is 5.92 Å². The van der Waals surface area contributed by atoms with Crippen molar-refractivity contribution in [1.29, 1.82) is 0 Å². The molecule has 1 aromatic rings. The maximum absolute atomic E-state index is 11.0. The molecule has 0 aliphatic carbocycles. The van der Waals surface area contributed by atoms with Crippen LogP contribution in [0.3, 0.4) is 0 Å². The van der Waals surface area contributed by atoms with Crippen LogP contribution in [0.25, 0.3) is 0 Å². The molecular formula is C18H28N2O2. The Morgan fingerprint density at radius 3 is 2.55 bits per heavy atom. The van der Waals surface area contributed by atoms with E-state index in [1.54, 1.807) is 12.1 Å². The maximum atomic E-state index is 11.0. The second-order valence-electron chi connectivity index (χ2n) is 6.21. The monoisotopic (exact) mass is 304 g/mol. The molecule has 4 heteroatoms. The minimum Gasteiger partial charge on any atom is -0.478 e. The van der Waals surface area contributed by atoms with E-state index in [4.69, 9.17) is 5.11 Å². The highest BCUT2D eigenvalue weighted by atomic mass is 16.4. The standard InChI is InChI=1S/C18H28N2O2/c1-3-19(4-2)13-15-8-10-20(11-9-15)14-16-6-5-7-17(12-16)18(21)22/h5-7,12,15H,3-4,8-11,13-14H2,1-2H3,(H,21,22). The number of rotatable bonds is 7. The lowest BCUT2D eigenvalue weighted by Gasteiger charge is -2.34. The molecule has 0 unspecified atom stereocenters. The van der Waals surface area contributed by atoms with Crippen molar-refractivity contribution in [2.45, 2.75) is 33.2 Å². The fourth-order valence-corrected chi connectivity index (χ4v) is 3.23. The highest BCUT2D eigenvalue weighted by molar-refractivity contribution is 5.87. The van der Waals surface area contributed by atoms with Gasteiger partial charge in [0.05, 0.1) is 5.56 Å². The van der Waals surface area contributed by atoms with Crippen LogP contribution in [0.2, 0.25) is 0 Å². The lowest BCUT2D eigenvalue weighted by molar-refractivity contribution is 0.0696. The molecule has 0 radical (unpaired) electrons. The molecule has 1 aliphatic rings. The fraction of sp³-hybridized carbons (Fsp3) is 0.611. The number of likely N-dealkylation sites (tertiary alicyclic amines) is 1. The van der Waals surface area contributed by atoms with Crippen molar-refractivity contribution in [3.63, 3.8) is 0 Å². The van der Waals surface area contributed by atoms with Crippen LogP contribution < -0.4 is 0 Å². The molecule has 1 fully saturated rings. The topological polar surface area (TPSA) is 43.8 Å². The molecular weight excluding hydrogens is 276 g/mol. The van der Waals surface area contributed by atoms with Crippen molar-refractivity contribution >= 4 is 5.97 Å². The molecule has 0 bridgehead atoms. The number of nitrogens with zero attached hydrogens (tertiary/aromatic N) is 2. The Morgan fingerprint density at radius 2 is 1.95 bits per heavy atom. The van der Waals surface area contributed by atoms with Crippen LogP contribution in [0.1, 0.15) is 42.6 Å². The zero-order valence-electron chi connectivity index (χ0n) is 13.8. The van der Waals surface area contributed by atoms with Crippen molar-refractivity contribution in [1.82, 2.24) is 9.80 Å². The van der Waals surface area contributed by atoms with Crippen LogP contribution in [-0.2, 0) is 6.54 Å². The minimum absolute atomic E-state index is 0.383. The molecule has 122 valence electrons. The van der Waals surface area contributed by atoms with Gasteiger partial charge in [-0.25, -0.2) is 4.79 Å². The summed E-state index contributed by atoms with van der Waals surface area (Å²) in [6.45, 7) is 11.0. The van der Waals surface area contributed by atoms with E-state index in [0.29, 0.717) is 5.56 Å². The van der Waals surface area contributed by atoms with Gasteiger partial charge in [-0.15, -0.1) is 0 Å². The molecule has 1 N–H and O–H groups in total. The number of hydrogen-bond acceptors (Lipinski definition) is 3. The molecule has 0 atom stereocenters. The normalized spacial score (nSPS) is 17.0.